The maximum absolute atomic E-state index is 5.66. The molecule has 15 heavy (non-hydrogen) atoms. The van der Waals surface area contributed by atoms with Crippen molar-refractivity contribution in [2.45, 2.75) is 32.4 Å². The number of nitrogens with one attached hydrogen (secondary N) is 1. The third kappa shape index (κ3) is 3.29. The minimum Gasteiger partial charge on any atom is -0.375 e. The highest BCUT2D eigenvalue weighted by Gasteiger charge is 2.13. The van der Waals surface area contributed by atoms with E-state index in [2.05, 4.69) is 23.3 Å². The lowest BCUT2D eigenvalue weighted by Crippen LogP contribution is -2.26. The van der Waals surface area contributed by atoms with Crippen LogP contribution in [-0.4, -0.2) is 24.2 Å². The first-order valence-electron chi connectivity index (χ1n) is 5.56. The third-order valence-corrected chi connectivity index (χ3v) is 2.68. The number of hydrogen-bond acceptors (Lipinski definition) is 3. The van der Waals surface area contributed by atoms with Gasteiger partial charge in [-0.05, 0) is 37.4 Å². The van der Waals surface area contributed by atoms with Crippen molar-refractivity contribution in [1.29, 1.82) is 0 Å². The largest absolute Gasteiger partial charge is 0.375 e. The molecule has 82 valence electrons. The van der Waals surface area contributed by atoms with Crippen LogP contribution in [0.2, 0.25) is 0 Å². The topological polar surface area (TPSA) is 34.1 Å². The summed E-state index contributed by atoms with van der Waals surface area (Å²) in [6, 6.07) is 2.68. The number of aromatic nitrogens is 1. The van der Waals surface area contributed by atoms with Crippen molar-refractivity contribution in [1.82, 2.24) is 10.3 Å². The van der Waals surface area contributed by atoms with Crippen molar-refractivity contribution in [2.24, 2.45) is 0 Å². The Morgan fingerprint density at radius 2 is 2.47 bits per heavy atom. The van der Waals surface area contributed by atoms with Gasteiger partial charge in [0.15, 0.2) is 0 Å². The molecule has 1 aromatic rings. The minimum absolute atomic E-state index is 0.558. The van der Waals surface area contributed by atoms with Gasteiger partial charge in [-0.2, -0.15) is 0 Å². The van der Waals surface area contributed by atoms with Crippen molar-refractivity contribution in [3.63, 3.8) is 0 Å². The summed E-state index contributed by atoms with van der Waals surface area (Å²) in [5.41, 5.74) is 2.35. The zero-order valence-corrected chi connectivity index (χ0v) is 9.20. The molecule has 1 aliphatic rings. The van der Waals surface area contributed by atoms with Gasteiger partial charge in [0.25, 0.3) is 0 Å². The molecular formula is C12H18N2O. The monoisotopic (exact) mass is 206 g/mol. The number of pyridine rings is 1. The summed E-state index contributed by atoms with van der Waals surface area (Å²) in [6.45, 7) is 4.68. The first kappa shape index (κ1) is 10.6. The summed E-state index contributed by atoms with van der Waals surface area (Å²) in [5.74, 6) is 0. The average molecular weight is 206 g/mol. The Morgan fingerprint density at radius 3 is 3.20 bits per heavy atom. The molecular weight excluding hydrogens is 188 g/mol. The van der Waals surface area contributed by atoms with Crippen LogP contribution in [0.25, 0.3) is 0 Å². The number of aryl methyl sites for hydroxylation is 1. The maximum Gasteiger partial charge on any atom is 0.0732 e. The lowest BCUT2D eigenvalue weighted by molar-refractivity contribution is 0.103. The van der Waals surface area contributed by atoms with E-state index in [-0.39, 0.29) is 0 Å². The van der Waals surface area contributed by atoms with Gasteiger partial charge in [-0.25, -0.2) is 0 Å². The molecule has 1 N–H and O–H groups in total. The highest BCUT2D eigenvalue weighted by molar-refractivity contribution is 5.15. The molecule has 1 aliphatic heterocycles. The zero-order valence-electron chi connectivity index (χ0n) is 9.20. The van der Waals surface area contributed by atoms with Crippen molar-refractivity contribution >= 4 is 0 Å². The molecule has 0 radical (unpaired) electrons. The Labute approximate surface area is 90.9 Å². The van der Waals surface area contributed by atoms with E-state index in [1.807, 2.05) is 12.4 Å². The SMILES string of the molecule is Cc1cncc(COCC2CCCN2)c1. The standard InChI is InChI=1S/C12H18N2O/c1-10-5-11(7-13-6-10)8-15-9-12-3-2-4-14-12/h5-7,12,14H,2-4,8-9H2,1H3. The molecule has 1 unspecified atom stereocenters. The predicted molar refractivity (Wildman–Crippen MR) is 59.7 cm³/mol. The van der Waals surface area contributed by atoms with E-state index in [0.29, 0.717) is 12.6 Å². The summed E-state index contributed by atoms with van der Waals surface area (Å²) in [6.07, 6.45) is 6.25. The van der Waals surface area contributed by atoms with Crippen LogP contribution < -0.4 is 5.32 Å². The molecule has 1 saturated heterocycles. The van der Waals surface area contributed by atoms with Gasteiger partial charge in [-0.15, -0.1) is 0 Å². The number of ether oxygens (including phenoxy) is 1. The molecule has 2 rings (SSSR count). The summed E-state index contributed by atoms with van der Waals surface area (Å²) in [7, 11) is 0. The molecule has 0 aromatic carbocycles. The van der Waals surface area contributed by atoms with Crippen LogP contribution in [0.1, 0.15) is 24.0 Å². The van der Waals surface area contributed by atoms with Gasteiger partial charge >= 0.3 is 0 Å². The second-order valence-electron chi connectivity index (χ2n) is 4.18. The first-order valence-corrected chi connectivity index (χ1v) is 5.56. The fraction of sp³-hybridized carbons (Fsp3) is 0.583. The molecule has 3 heteroatoms. The zero-order chi connectivity index (χ0) is 10.5. The molecule has 3 nitrogen and oxygen atoms in total. The van der Waals surface area contributed by atoms with Crippen LogP contribution in [-0.2, 0) is 11.3 Å². The second kappa shape index (κ2) is 5.24. The number of rotatable bonds is 4. The van der Waals surface area contributed by atoms with E-state index in [1.54, 1.807) is 0 Å². The molecule has 1 aromatic heterocycles. The highest BCUT2D eigenvalue weighted by atomic mass is 16.5. The van der Waals surface area contributed by atoms with E-state index < -0.39 is 0 Å². The van der Waals surface area contributed by atoms with Gasteiger partial charge < -0.3 is 10.1 Å². The first-order chi connectivity index (χ1) is 7.34. The molecule has 2 heterocycles. The van der Waals surface area contributed by atoms with E-state index >= 15 is 0 Å². The maximum atomic E-state index is 5.66. The van der Waals surface area contributed by atoms with Crippen LogP contribution in [0.3, 0.4) is 0 Å². The van der Waals surface area contributed by atoms with E-state index in [0.717, 1.165) is 18.7 Å². The van der Waals surface area contributed by atoms with Crippen molar-refractivity contribution in [3.8, 4) is 0 Å². The van der Waals surface area contributed by atoms with Crippen molar-refractivity contribution < 1.29 is 4.74 Å². The Bertz CT molecular complexity index is 308. The van der Waals surface area contributed by atoms with Gasteiger partial charge in [0.2, 0.25) is 0 Å². The number of nitrogens with zero attached hydrogens (tertiary/aromatic N) is 1. The summed E-state index contributed by atoms with van der Waals surface area (Å²) in [5, 5.41) is 3.41. The lowest BCUT2D eigenvalue weighted by atomic mass is 10.2. The third-order valence-electron chi connectivity index (χ3n) is 2.68. The Morgan fingerprint density at radius 1 is 1.53 bits per heavy atom. The molecule has 0 aliphatic carbocycles. The molecule has 0 amide bonds. The van der Waals surface area contributed by atoms with Crippen molar-refractivity contribution in [2.75, 3.05) is 13.2 Å². The second-order valence-corrected chi connectivity index (χ2v) is 4.18. The van der Waals surface area contributed by atoms with Crippen molar-refractivity contribution in [3.05, 3.63) is 29.6 Å². The van der Waals surface area contributed by atoms with Crippen LogP contribution in [0.15, 0.2) is 18.5 Å². The van der Waals surface area contributed by atoms with Gasteiger partial charge in [0.05, 0.1) is 13.2 Å². The molecule has 1 atom stereocenters. The fourth-order valence-corrected chi connectivity index (χ4v) is 1.91. The highest BCUT2D eigenvalue weighted by Crippen LogP contribution is 2.07. The normalized spacial score (nSPS) is 20.7. The lowest BCUT2D eigenvalue weighted by Gasteiger charge is -2.10. The van der Waals surface area contributed by atoms with E-state index in [9.17, 15) is 0 Å². The van der Waals surface area contributed by atoms with Gasteiger partial charge in [-0.1, -0.05) is 6.07 Å². The van der Waals surface area contributed by atoms with Gasteiger partial charge in [0, 0.05) is 18.4 Å². The Kier molecular flexibility index (Phi) is 3.69. The summed E-state index contributed by atoms with van der Waals surface area (Å²) < 4.78 is 5.66. The Balaban J connectivity index is 1.73. The summed E-state index contributed by atoms with van der Waals surface area (Å²) in [4.78, 5) is 4.14. The summed E-state index contributed by atoms with van der Waals surface area (Å²) >= 11 is 0. The molecule has 1 fully saturated rings. The van der Waals surface area contributed by atoms with Gasteiger partial charge in [0.1, 0.15) is 0 Å². The van der Waals surface area contributed by atoms with Crippen LogP contribution >= 0.6 is 0 Å². The minimum atomic E-state index is 0.558. The molecule has 0 saturated carbocycles. The molecule has 0 spiro atoms. The van der Waals surface area contributed by atoms with Gasteiger partial charge in [-0.3, -0.25) is 4.98 Å². The predicted octanol–water partition coefficient (Wildman–Crippen LogP) is 1.66. The molecule has 0 bridgehead atoms. The van der Waals surface area contributed by atoms with E-state index in [1.165, 1.54) is 18.4 Å². The quantitative estimate of drug-likeness (QED) is 0.813. The van der Waals surface area contributed by atoms with E-state index in [4.69, 9.17) is 4.74 Å². The average Bonchev–Trinajstić information content (AvgIpc) is 2.71. The van der Waals surface area contributed by atoms with Crippen LogP contribution in [0, 0.1) is 6.92 Å². The Hall–Kier alpha value is -0.930. The van der Waals surface area contributed by atoms with Crippen LogP contribution in [0.4, 0.5) is 0 Å². The fourth-order valence-electron chi connectivity index (χ4n) is 1.91. The smallest absolute Gasteiger partial charge is 0.0732 e. The number of hydrogen-bond donors (Lipinski definition) is 1. The van der Waals surface area contributed by atoms with Crippen LogP contribution in [0.5, 0.6) is 0 Å².